The monoisotopic (exact) mass is 298 g/mol. The van der Waals surface area contributed by atoms with Gasteiger partial charge in [-0.25, -0.2) is 9.78 Å². The zero-order valence-electron chi connectivity index (χ0n) is 10.9. The van der Waals surface area contributed by atoms with E-state index >= 15 is 0 Å². The molecule has 0 bridgehead atoms. The van der Waals surface area contributed by atoms with E-state index < -0.39 is 5.97 Å². The molecule has 1 N–H and O–H groups in total. The van der Waals surface area contributed by atoms with Gasteiger partial charge in [-0.05, 0) is 30.3 Å². The molecule has 0 amide bonds. The van der Waals surface area contributed by atoms with Crippen molar-refractivity contribution < 1.29 is 9.90 Å². The number of rotatable bonds is 3. The van der Waals surface area contributed by atoms with Gasteiger partial charge in [0, 0.05) is 17.8 Å². The minimum absolute atomic E-state index is 0.591. The van der Waals surface area contributed by atoms with Gasteiger partial charge in [0.15, 0.2) is 0 Å². The molecule has 0 spiro atoms. The molecule has 0 aliphatic carbocycles. The summed E-state index contributed by atoms with van der Waals surface area (Å²) in [7, 11) is 0. The molecule has 2 aromatic heterocycles. The number of carboxylic acids is 1. The number of fused-ring (bicyclic) bond motifs is 1. The van der Waals surface area contributed by atoms with Gasteiger partial charge in [0.2, 0.25) is 0 Å². The topological polar surface area (TPSA) is 54.6 Å². The van der Waals surface area contributed by atoms with Crippen molar-refractivity contribution in [2.45, 2.75) is 0 Å². The Morgan fingerprint density at radius 3 is 2.71 bits per heavy atom. The second-order valence-corrected chi connectivity index (χ2v) is 4.84. The maximum absolute atomic E-state index is 10.7. The lowest BCUT2D eigenvalue weighted by Gasteiger charge is -2.02. The zero-order chi connectivity index (χ0) is 14.8. The van der Waals surface area contributed by atoms with Gasteiger partial charge in [-0.3, -0.25) is 4.40 Å². The molecule has 0 saturated heterocycles. The Bertz CT molecular complexity index is 852. The number of hydrogen-bond donors (Lipinski definition) is 1. The van der Waals surface area contributed by atoms with Crippen LogP contribution in [-0.4, -0.2) is 20.5 Å². The number of aromatic nitrogens is 2. The Morgan fingerprint density at radius 1 is 1.19 bits per heavy atom. The molecule has 0 aliphatic rings. The lowest BCUT2D eigenvalue weighted by Crippen LogP contribution is -1.88. The third-order valence-electron chi connectivity index (χ3n) is 3.08. The van der Waals surface area contributed by atoms with Crippen LogP contribution in [0.1, 0.15) is 5.69 Å². The van der Waals surface area contributed by atoms with E-state index in [0.29, 0.717) is 16.5 Å². The van der Waals surface area contributed by atoms with E-state index in [1.165, 1.54) is 6.08 Å². The van der Waals surface area contributed by atoms with Crippen molar-refractivity contribution in [3.63, 3.8) is 0 Å². The van der Waals surface area contributed by atoms with Crippen LogP contribution in [-0.2, 0) is 4.79 Å². The maximum Gasteiger partial charge on any atom is 0.328 e. The molecule has 3 rings (SSSR count). The Labute approximate surface area is 125 Å². The Morgan fingerprint density at radius 2 is 1.95 bits per heavy atom. The second kappa shape index (κ2) is 5.42. The number of nitrogens with zero attached hydrogens (tertiary/aromatic N) is 2. The van der Waals surface area contributed by atoms with Crippen LogP contribution in [0.3, 0.4) is 0 Å². The molecule has 1 aromatic carbocycles. The van der Waals surface area contributed by atoms with Crippen LogP contribution in [0.25, 0.3) is 23.0 Å². The summed E-state index contributed by atoms with van der Waals surface area (Å²) in [6.45, 7) is 0. The molecule has 2 heterocycles. The lowest BCUT2D eigenvalue weighted by molar-refractivity contribution is -0.131. The van der Waals surface area contributed by atoms with Gasteiger partial charge in [-0.1, -0.05) is 29.8 Å². The van der Waals surface area contributed by atoms with Crippen LogP contribution in [0.15, 0.2) is 54.7 Å². The number of pyridine rings is 1. The molecule has 0 fully saturated rings. The van der Waals surface area contributed by atoms with Crippen molar-refractivity contribution in [2.75, 3.05) is 0 Å². The first-order chi connectivity index (χ1) is 10.2. The summed E-state index contributed by atoms with van der Waals surface area (Å²) in [4.78, 5) is 15.2. The molecule has 0 saturated carbocycles. The molecule has 0 atom stereocenters. The standard InChI is InChI=1S/C16H11ClN2O2/c17-12-6-2-1-5-11(12)16-18-13(8-9-15(20)21)14-7-3-4-10-19(14)16/h1-10H,(H,20,21)/b9-8+. The lowest BCUT2D eigenvalue weighted by atomic mass is 10.2. The average molecular weight is 299 g/mol. The van der Waals surface area contributed by atoms with Gasteiger partial charge in [0.05, 0.1) is 16.2 Å². The van der Waals surface area contributed by atoms with E-state index in [1.807, 2.05) is 47.0 Å². The number of aliphatic carboxylic acids is 1. The summed E-state index contributed by atoms with van der Waals surface area (Å²) in [6.07, 6.45) is 4.43. The van der Waals surface area contributed by atoms with Crippen LogP contribution in [0.2, 0.25) is 5.02 Å². The first-order valence-corrected chi connectivity index (χ1v) is 6.67. The molecule has 4 nitrogen and oxygen atoms in total. The minimum atomic E-state index is -1.01. The fourth-order valence-corrected chi connectivity index (χ4v) is 2.39. The molecule has 0 radical (unpaired) electrons. The Kier molecular flexibility index (Phi) is 3.46. The van der Waals surface area contributed by atoms with Crippen LogP contribution >= 0.6 is 11.6 Å². The van der Waals surface area contributed by atoms with E-state index in [2.05, 4.69) is 4.98 Å². The Balaban J connectivity index is 2.25. The molecule has 104 valence electrons. The number of halogens is 1. The third kappa shape index (κ3) is 2.53. The fourth-order valence-electron chi connectivity index (χ4n) is 2.17. The highest BCUT2D eigenvalue weighted by Crippen LogP contribution is 2.29. The predicted octanol–water partition coefficient (Wildman–Crippen LogP) is 3.75. The summed E-state index contributed by atoms with van der Waals surface area (Å²) in [5, 5.41) is 9.37. The van der Waals surface area contributed by atoms with Gasteiger partial charge in [-0.2, -0.15) is 0 Å². The molecule has 21 heavy (non-hydrogen) atoms. The van der Waals surface area contributed by atoms with Crippen LogP contribution < -0.4 is 0 Å². The summed E-state index contributed by atoms with van der Waals surface area (Å²) in [5.41, 5.74) is 2.22. The zero-order valence-corrected chi connectivity index (χ0v) is 11.7. The molecule has 0 unspecified atom stereocenters. The van der Waals surface area contributed by atoms with E-state index in [4.69, 9.17) is 16.7 Å². The normalized spacial score (nSPS) is 11.3. The highest BCUT2D eigenvalue weighted by atomic mass is 35.5. The summed E-state index contributed by atoms with van der Waals surface area (Å²) in [6, 6.07) is 13.1. The van der Waals surface area contributed by atoms with E-state index in [1.54, 1.807) is 6.07 Å². The molecule has 3 aromatic rings. The van der Waals surface area contributed by atoms with Crippen molar-refractivity contribution in [3.8, 4) is 11.4 Å². The summed E-state index contributed by atoms with van der Waals surface area (Å²) in [5.74, 6) is -0.326. The average Bonchev–Trinajstić information content (AvgIpc) is 2.84. The van der Waals surface area contributed by atoms with Crippen LogP contribution in [0.5, 0.6) is 0 Å². The quantitative estimate of drug-likeness (QED) is 0.749. The highest BCUT2D eigenvalue weighted by Gasteiger charge is 2.12. The van der Waals surface area contributed by atoms with Crippen molar-refractivity contribution in [2.24, 2.45) is 0 Å². The Hall–Kier alpha value is -2.59. The van der Waals surface area contributed by atoms with Crippen molar-refractivity contribution in [1.29, 1.82) is 0 Å². The largest absolute Gasteiger partial charge is 0.478 e. The SMILES string of the molecule is O=C(O)/C=C/c1nc(-c2ccccc2Cl)n2ccccc12. The number of carbonyl (C=O) groups is 1. The van der Waals surface area contributed by atoms with Crippen molar-refractivity contribution in [3.05, 3.63) is 65.5 Å². The molecule has 5 heteroatoms. The molecular formula is C16H11ClN2O2. The molecule has 0 aliphatic heterocycles. The number of hydrogen-bond acceptors (Lipinski definition) is 2. The second-order valence-electron chi connectivity index (χ2n) is 4.43. The smallest absolute Gasteiger partial charge is 0.328 e. The number of imidazole rings is 1. The maximum atomic E-state index is 10.7. The molecular weight excluding hydrogens is 288 g/mol. The third-order valence-corrected chi connectivity index (χ3v) is 3.40. The van der Waals surface area contributed by atoms with Crippen LogP contribution in [0, 0.1) is 0 Å². The minimum Gasteiger partial charge on any atom is -0.478 e. The van der Waals surface area contributed by atoms with E-state index in [0.717, 1.165) is 17.2 Å². The van der Waals surface area contributed by atoms with Gasteiger partial charge < -0.3 is 5.11 Å². The highest BCUT2D eigenvalue weighted by molar-refractivity contribution is 6.33. The fraction of sp³-hybridized carbons (Fsp3) is 0. The van der Waals surface area contributed by atoms with Crippen molar-refractivity contribution in [1.82, 2.24) is 9.38 Å². The number of carboxylic acid groups (broad SMARTS) is 1. The van der Waals surface area contributed by atoms with Gasteiger partial charge in [0.25, 0.3) is 0 Å². The summed E-state index contributed by atoms with van der Waals surface area (Å²) < 4.78 is 1.89. The van der Waals surface area contributed by atoms with Crippen LogP contribution in [0.4, 0.5) is 0 Å². The predicted molar refractivity (Wildman–Crippen MR) is 82.3 cm³/mol. The van der Waals surface area contributed by atoms with E-state index in [9.17, 15) is 4.79 Å². The summed E-state index contributed by atoms with van der Waals surface area (Å²) >= 11 is 6.23. The van der Waals surface area contributed by atoms with Gasteiger partial charge >= 0.3 is 5.97 Å². The number of benzene rings is 1. The van der Waals surface area contributed by atoms with Crippen molar-refractivity contribution >= 4 is 29.2 Å². The van der Waals surface area contributed by atoms with Gasteiger partial charge in [0.1, 0.15) is 5.82 Å². The first kappa shape index (κ1) is 13.4. The first-order valence-electron chi connectivity index (χ1n) is 6.30. The van der Waals surface area contributed by atoms with E-state index in [-0.39, 0.29) is 0 Å². The van der Waals surface area contributed by atoms with Gasteiger partial charge in [-0.15, -0.1) is 0 Å².